The first-order valence-electron chi connectivity index (χ1n) is 10.3. The van der Waals surface area contributed by atoms with Crippen LogP contribution in [0.5, 0.6) is 0 Å². The van der Waals surface area contributed by atoms with Crippen molar-refractivity contribution in [2.45, 2.75) is 33.2 Å². The Kier molecular flexibility index (Phi) is 6.75. The second kappa shape index (κ2) is 9.06. The van der Waals surface area contributed by atoms with Gasteiger partial charge in [-0.2, -0.15) is 0 Å². The summed E-state index contributed by atoms with van der Waals surface area (Å²) < 4.78 is 39.6. The van der Waals surface area contributed by atoms with E-state index in [2.05, 4.69) is 10.6 Å². The number of aryl methyl sites for hydroxylation is 1. The third kappa shape index (κ3) is 4.98. The monoisotopic (exact) mass is 478 g/mol. The maximum absolute atomic E-state index is 13.5. The molecule has 1 atom stereocenters. The van der Waals surface area contributed by atoms with Crippen molar-refractivity contribution in [3.8, 4) is 0 Å². The maximum Gasteiger partial charge on any atom is 0.294 e. The van der Waals surface area contributed by atoms with Crippen LogP contribution in [0.1, 0.15) is 44.1 Å². The van der Waals surface area contributed by atoms with Gasteiger partial charge in [0.05, 0.1) is 17.5 Å². The summed E-state index contributed by atoms with van der Waals surface area (Å²) in [5.41, 5.74) is 1.94. The lowest BCUT2D eigenvalue weighted by Gasteiger charge is -2.14. The SMILES string of the molecule is Cc1cc(NC(=O)c2c(C)c(C(=O)C(=O)N[C@H]3CCN(S(C)(=O)=O)C3)n(C)c2C)ccc1F. The lowest BCUT2D eigenvalue weighted by Crippen LogP contribution is -2.42. The van der Waals surface area contributed by atoms with Gasteiger partial charge in [-0.15, -0.1) is 0 Å². The molecule has 1 aliphatic rings. The molecule has 0 saturated carbocycles. The van der Waals surface area contributed by atoms with Crippen molar-refractivity contribution < 1.29 is 27.2 Å². The largest absolute Gasteiger partial charge is 0.345 e. The highest BCUT2D eigenvalue weighted by molar-refractivity contribution is 7.88. The topological polar surface area (TPSA) is 118 Å². The van der Waals surface area contributed by atoms with Crippen molar-refractivity contribution in [2.75, 3.05) is 24.7 Å². The first-order chi connectivity index (χ1) is 15.3. The molecular weight excluding hydrogens is 451 g/mol. The van der Waals surface area contributed by atoms with Gasteiger partial charge in [-0.25, -0.2) is 17.1 Å². The van der Waals surface area contributed by atoms with Crippen LogP contribution in [0.25, 0.3) is 0 Å². The number of carbonyl (C=O) groups excluding carboxylic acids is 3. The van der Waals surface area contributed by atoms with E-state index in [1.807, 2.05) is 0 Å². The number of amides is 2. The molecule has 0 unspecified atom stereocenters. The normalized spacial score (nSPS) is 16.6. The van der Waals surface area contributed by atoms with Crippen molar-refractivity contribution >= 4 is 33.3 Å². The molecule has 178 valence electrons. The van der Waals surface area contributed by atoms with E-state index in [9.17, 15) is 27.2 Å². The zero-order valence-electron chi connectivity index (χ0n) is 19.2. The van der Waals surface area contributed by atoms with Gasteiger partial charge in [0.25, 0.3) is 17.6 Å². The number of ketones is 1. The average Bonchev–Trinajstić information content (AvgIpc) is 3.27. The van der Waals surface area contributed by atoms with Crippen LogP contribution in [0.3, 0.4) is 0 Å². The fourth-order valence-corrected chi connectivity index (χ4v) is 4.94. The van der Waals surface area contributed by atoms with E-state index >= 15 is 0 Å². The Bertz CT molecular complexity index is 1250. The quantitative estimate of drug-likeness (QED) is 0.484. The predicted octanol–water partition coefficient (Wildman–Crippen LogP) is 1.67. The van der Waals surface area contributed by atoms with E-state index in [4.69, 9.17) is 0 Å². The number of nitrogens with one attached hydrogen (secondary N) is 2. The molecule has 1 saturated heterocycles. The first kappa shape index (κ1) is 24.6. The first-order valence-corrected chi connectivity index (χ1v) is 12.2. The maximum atomic E-state index is 13.5. The average molecular weight is 479 g/mol. The standard InChI is InChI=1S/C22H27FN4O5S/c1-12-10-15(6-7-17(12)23)24-21(29)18-13(2)19(26(4)14(18)3)20(28)22(30)25-16-8-9-27(11-16)33(5,31)32/h6-7,10,16H,8-9,11H2,1-5H3,(H,24,29)(H,25,30)/t16-/m0/s1. The molecule has 2 amide bonds. The van der Waals surface area contributed by atoms with E-state index in [0.717, 1.165) is 6.26 Å². The van der Waals surface area contributed by atoms with Gasteiger partial charge < -0.3 is 15.2 Å². The number of hydrogen-bond acceptors (Lipinski definition) is 5. The minimum Gasteiger partial charge on any atom is -0.345 e. The third-order valence-corrected chi connectivity index (χ3v) is 7.22. The Labute approximate surface area is 192 Å². The van der Waals surface area contributed by atoms with E-state index in [-0.39, 0.29) is 30.2 Å². The van der Waals surface area contributed by atoms with Gasteiger partial charge in [-0.3, -0.25) is 14.4 Å². The molecule has 1 aromatic heterocycles. The summed E-state index contributed by atoms with van der Waals surface area (Å²) in [7, 11) is -1.79. The Morgan fingerprint density at radius 3 is 2.39 bits per heavy atom. The fraction of sp³-hybridized carbons (Fsp3) is 0.409. The van der Waals surface area contributed by atoms with E-state index < -0.39 is 33.7 Å². The minimum atomic E-state index is -3.37. The summed E-state index contributed by atoms with van der Waals surface area (Å²) >= 11 is 0. The molecule has 1 aromatic carbocycles. The van der Waals surface area contributed by atoms with Crippen molar-refractivity contribution in [1.82, 2.24) is 14.2 Å². The molecule has 2 N–H and O–H groups in total. The third-order valence-electron chi connectivity index (χ3n) is 5.95. The van der Waals surface area contributed by atoms with Crippen LogP contribution in [0.15, 0.2) is 18.2 Å². The summed E-state index contributed by atoms with van der Waals surface area (Å²) in [6, 6.07) is 3.72. The molecule has 9 nitrogen and oxygen atoms in total. The number of benzene rings is 1. The molecule has 2 aromatic rings. The van der Waals surface area contributed by atoms with Crippen LogP contribution < -0.4 is 10.6 Å². The fourth-order valence-electron chi connectivity index (χ4n) is 4.06. The lowest BCUT2D eigenvalue weighted by atomic mass is 10.1. The lowest BCUT2D eigenvalue weighted by molar-refractivity contribution is -0.117. The molecule has 0 bridgehead atoms. The van der Waals surface area contributed by atoms with Gasteiger partial charge in [-0.05, 0) is 56.5 Å². The molecule has 0 radical (unpaired) electrons. The van der Waals surface area contributed by atoms with Crippen LogP contribution in [0, 0.1) is 26.6 Å². The summed E-state index contributed by atoms with van der Waals surface area (Å²) in [6.45, 7) is 5.20. The molecule has 33 heavy (non-hydrogen) atoms. The molecular formula is C22H27FN4O5S. The number of rotatable bonds is 6. The Hall–Kier alpha value is -3.05. The van der Waals surface area contributed by atoms with Crippen LogP contribution in [0.4, 0.5) is 10.1 Å². The van der Waals surface area contributed by atoms with E-state index in [1.165, 1.54) is 27.1 Å². The van der Waals surface area contributed by atoms with Crippen LogP contribution in [0.2, 0.25) is 0 Å². The second-order valence-corrected chi connectivity index (χ2v) is 10.3. The number of sulfonamides is 1. The Morgan fingerprint density at radius 1 is 1.15 bits per heavy atom. The number of anilines is 1. The zero-order valence-corrected chi connectivity index (χ0v) is 20.0. The number of aromatic nitrogens is 1. The van der Waals surface area contributed by atoms with Gasteiger partial charge in [0.15, 0.2) is 0 Å². The summed E-state index contributed by atoms with van der Waals surface area (Å²) in [5.74, 6) is -2.54. The molecule has 1 aliphatic heterocycles. The van der Waals surface area contributed by atoms with Gasteiger partial charge in [0.2, 0.25) is 10.0 Å². The molecule has 0 aliphatic carbocycles. The van der Waals surface area contributed by atoms with Crippen molar-refractivity contribution in [3.63, 3.8) is 0 Å². The zero-order chi connectivity index (χ0) is 24.7. The van der Waals surface area contributed by atoms with Crippen molar-refractivity contribution in [2.24, 2.45) is 7.05 Å². The van der Waals surface area contributed by atoms with Crippen LogP contribution in [-0.4, -0.2) is 60.3 Å². The summed E-state index contributed by atoms with van der Waals surface area (Å²) in [5, 5.41) is 5.30. The second-order valence-electron chi connectivity index (χ2n) is 8.32. The molecule has 3 rings (SSSR count). The van der Waals surface area contributed by atoms with E-state index in [0.29, 0.717) is 28.9 Å². The molecule has 2 heterocycles. The van der Waals surface area contributed by atoms with E-state index in [1.54, 1.807) is 27.8 Å². The molecule has 11 heteroatoms. The number of carbonyl (C=O) groups is 3. The van der Waals surface area contributed by atoms with Gasteiger partial charge in [-0.1, -0.05) is 0 Å². The van der Waals surface area contributed by atoms with Gasteiger partial charge in [0, 0.05) is 37.6 Å². The Balaban J connectivity index is 1.79. The minimum absolute atomic E-state index is 0.0726. The smallest absolute Gasteiger partial charge is 0.294 e. The Morgan fingerprint density at radius 2 is 1.82 bits per heavy atom. The van der Waals surface area contributed by atoms with Crippen molar-refractivity contribution in [1.29, 1.82) is 0 Å². The van der Waals surface area contributed by atoms with Crippen molar-refractivity contribution in [3.05, 3.63) is 52.1 Å². The highest BCUT2D eigenvalue weighted by atomic mass is 32.2. The summed E-state index contributed by atoms with van der Waals surface area (Å²) in [6.07, 6.45) is 1.50. The molecule has 0 spiro atoms. The highest BCUT2D eigenvalue weighted by Gasteiger charge is 2.33. The predicted molar refractivity (Wildman–Crippen MR) is 121 cm³/mol. The van der Waals surface area contributed by atoms with Crippen LogP contribution >= 0.6 is 0 Å². The highest BCUT2D eigenvalue weighted by Crippen LogP contribution is 2.24. The number of nitrogens with zero attached hydrogens (tertiary/aromatic N) is 2. The number of hydrogen-bond donors (Lipinski definition) is 2. The number of Topliss-reactive ketones (excluding diaryl/α,β-unsaturated/α-hetero) is 1. The molecule has 1 fully saturated rings. The van der Waals surface area contributed by atoms with Gasteiger partial charge >= 0.3 is 0 Å². The number of halogens is 1. The van der Waals surface area contributed by atoms with Crippen LogP contribution in [-0.2, 0) is 21.9 Å². The van der Waals surface area contributed by atoms with Gasteiger partial charge in [0.1, 0.15) is 5.82 Å². The summed E-state index contributed by atoms with van der Waals surface area (Å²) in [4.78, 5) is 38.5.